The lowest BCUT2D eigenvalue weighted by molar-refractivity contribution is -0.150. The van der Waals surface area contributed by atoms with Crippen molar-refractivity contribution in [2.24, 2.45) is 5.16 Å². The molecule has 2 aliphatic rings. The van der Waals surface area contributed by atoms with E-state index in [-0.39, 0.29) is 40.4 Å². The number of thiazole rings is 1. The number of thioether (sulfide) groups is 1. The number of nitrogens with two attached hydrogens (primary N) is 1. The average molecular weight is 491 g/mol. The number of pyridine rings is 1. The number of fused-ring (bicyclic) bond motifs is 1. The molecule has 0 bridgehead atoms. The average Bonchev–Trinajstić information content (AvgIpc) is 3.25. The van der Waals surface area contributed by atoms with Crippen LogP contribution < -0.4 is 11.1 Å². The molecule has 0 aromatic carbocycles. The second-order valence-corrected chi connectivity index (χ2v) is 8.74. The summed E-state index contributed by atoms with van der Waals surface area (Å²) in [7, 11) is 1.27. The van der Waals surface area contributed by atoms with E-state index in [0.29, 0.717) is 5.69 Å². The third-order valence-electron chi connectivity index (χ3n) is 4.71. The summed E-state index contributed by atoms with van der Waals surface area (Å²) >= 11 is 2.40. The zero-order valence-electron chi connectivity index (χ0n) is 17.1. The summed E-state index contributed by atoms with van der Waals surface area (Å²) in [6.07, 6.45) is 1.60. The van der Waals surface area contributed by atoms with E-state index in [2.05, 4.69) is 20.4 Å². The molecule has 1 fully saturated rings. The molecule has 4 heterocycles. The van der Waals surface area contributed by atoms with Gasteiger partial charge in [-0.05, 0) is 12.1 Å². The van der Waals surface area contributed by atoms with Crippen LogP contribution in [0.5, 0.6) is 0 Å². The number of oxime groups is 1. The van der Waals surface area contributed by atoms with E-state index < -0.39 is 29.2 Å². The minimum absolute atomic E-state index is 0.0635. The molecule has 0 unspecified atom stereocenters. The number of nitrogens with zero attached hydrogens (tertiary/aromatic N) is 4. The Hall–Kier alpha value is -3.65. The maximum Gasteiger partial charge on any atom is 0.356 e. The van der Waals surface area contributed by atoms with Crippen LogP contribution in [0.2, 0.25) is 0 Å². The summed E-state index contributed by atoms with van der Waals surface area (Å²) in [6, 6.07) is 4.34. The number of hydrogen-bond donors (Lipinski definition) is 3. The number of anilines is 1. The molecule has 0 radical (unpaired) electrons. The summed E-state index contributed by atoms with van der Waals surface area (Å²) in [5, 5.41) is 17.2. The van der Waals surface area contributed by atoms with Gasteiger partial charge in [0, 0.05) is 11.6 Å². The topological polar surface area (TPSA) is 169 Å². The van der Waals surface area contributed by atoms with E-state index in [0.717, 1.165) is 16.2 Å². The van der Waals surface area contributed by atoms with Crippen LogP contribution in [0.25, 0.3) is 0 Å². The molecule has 0 spiro atoms. The first-order chi connectivity index (χ1) is 15.9. The van der Waals surface area contributed by atoms with Crippen LogP contribution in [0.4, 0.5) is 5.13 Å². The molecular formula is C19H18N6O6S2. The largest absolute Gasteiger partial charge is 0.488 e. The second-order valence-electron chi connectivity index (χ2n) is 6.74. The molecule has 33 heavy (non-hydrogen) atoms. The van der Waals surface area contributed by atoms with E-state index >= 15 is 0 Å². The summed E-state index contributed by atoms with van der Waals surface area (Å²) in [4.78, 5) is 51.5. The molecule has 172 valence electrons. The van der Waals surface area contributed by atoms with Crippen molar-refractivity contribution in [1.29, 1.82) is 0 Å². The molecule has 14 heteroatoms. The number of β-lactam (4-membered cyclic amide) rings is 1. The number of rotatable bonds is 8. The first-order valence-corrected chi connectivity index (χ1v) is 11.4. The van der Waals surface area contributed by atoms with Gasteiger partial charge in [-0.3, -0.25) is 19.5 Å². The molecular weight excluding hydrogens is 472 g/mol. The molecule has 2 aromatic heterocycles. The van der Waals surface area contributed by atoms with Crippen LogP contribution in [0.1, 0.15) is 11.4 Å². The van der Waals surface area contributed by atoms with Crippen LogP contribution in [0, 0.1) is 0 Å². The van der Waals surface area contributed by atoms with Gasteiger partial charge in [0.2, 0.25) is 0 Å². The van der Waals surface area contributed by atoms with Crippen molar-refractivity contribution in [2.75, 3.05) is 18.6 Å². The van der Waals surface area contributed by atoms with Crippen molar-refractivity contribution in [2.45, 2.75) is 18.0 Å². The standard InChI is InChI=1S/C19H18N6O6S2/c1-30-24-12(10-7-33-19(20)22-10)15(26)23-13-16(27)25-14(18(28)29)11(8-32-17(13)25)31-6-9-4-2-3-5-21-9/h2-5,7,13,17H,6,8H2,1H3,(H2,20,22)(H,23,26)(H,28,29)/b24-12-/t13-,17+/m1/s1. The number of carbonyl (C=O) groups excluding carboxylic acids is 2. The number of hydrogen-bond acceptors (Lipinski definition) is 11. The molecule has 1 saturated heterocycles. The Morgan fingerprint density at radius 1 is 1.42 bits per heavy atom. The van der Waals surface area contributed by atoms with Gasteiger partial charge < -0.3 is 25.7 Å². The first kappa shape index (κ1) is 22.5. The van der Waals surface area contributed by atoms with Gasteiger partial charge in [0.25, 0.3) is 11.8 Å². The number of nitrogen functional groups attached to an aromatic ring is 1. The zero-order chi connectivity index (χ0) is 23.5. The molecule has 4 rings (SSSR count). The highest BCUT2D eigenvalue weighted by atomic mass is 32.2. The Labute approximate surface area is 195 Å². The number of carboxylic acid groups (broad SMARTS) is 1. The number of aromatic nitrogens is 2. The Balaban J connectivity index is 1.49. The van der Waals surface area contributed by atoms with Crippen molar-refractivity contribution in [3.05, 3.63) is 52.6 Å². The highest BCUT2D eigenvalue weighted by Crippen LogP contribution is 2.40. The van der Waals surface area contributed by atoms with Crippen LogP contribution >= 0.6 is 23.1 Å². The molecule has 12 nitrogen and oxygen atoms in total. The third kappa shape index (κ3) is 4.47. The number of ether oxygens (including phenoxy) is 1. The van der Waals surface area contributed by atoms with E-state index in [1.807, 2.05) is 0 Å². The SMILES string of the molecule is CO/N=C(\C(=O)N[C@@H]1C(=O)N2C(C(=O)O)=C(OCc3ccccn3)CS[C@@H]12)c1csc(N)n1. The van der Waals surface area contributed by atoms with Crippen LogP contribution in [0.3, 0.4) is 0 Å². The van der Waals surface area contributed by atoms with Gasteiger partial charge in [-0.25, -0.2) is 9.78 Å². The number of aliphatic carboxylic acids is 1. The maximum atomic E-state index is 12.8. The predicted octanol–water partition coefficient (Wildman–Crippen LogP) is 0.384. The van der Waals surface area contributed by atoms with Gasteiger partial charge in [-0.2, -0.15) is 0 Å². The lowest BCUT2D eigenvalue weighted by atomic mass is 10.0. The normalized spacial score (nSPS) is 20.1. The fourth-order valence-electron chi connectivity index (χ4n) is 3.25. The molecule has 2 atom stereocenters. The summed E-state index contributed by atoms with van der Waals surface area (Å²) in [5.41, 5.74) is 6.05. The molecule has 4 N–H and O–H groups in total. The minimum Gasteiger partial charge on any atom is -0.488 e. The van der Waals surface area contributed by atoms with Gasteiger partial charge in [-0.15, -0.1) is 23.1 Å². The number of amides is 2. The fraction of sp³-hybridized carbons (Fsp3) is 0.263. The number of carboxylic acids is 1. The van der Waals surface area contributed by atoms with Gasteiger partial charge >= 0.3 is 5.97 Å². The van der Waals surface area contributed by atoms with Crippen LogP contribution in [-0.2, 0) is 30.6 Å². The lowest BCUT2D eigenvalue weighted by Crippen LogP contribution is -2.71. The Morgan fingerprint density at radius 2 is 2.24 bits per heavy atom. The maximum absolute atomic E-state index is 12.8. The quantitative estimate of drug-likeness (QED) is 0.267. The first-order valence-electron chi connectivity index (χ1n) is 9.48. The summed E-state index contributed by atoms with van der Waals surface area (Å²) in [5.74, 6) is -2.21. The third-order valence-corrected chi connectivity index (χ3v) is 6.63. The number of nitrogens with one attached hydrogen (secondary N) is 1. The predicted molar refractivity (Wildman–Crippen MR) is 119 cm³/mol. The van der Waals surface area contributed by atoms with E-state index in [1.165, 1.54) is 24.3 Å². The molecule has 0 aliphatic carbocycles. The highest BCUT2D eigenvalue weighted by molar-refractivity contribution is 8.00. The van der Waals surface area contributed by atoms with Crippen molar-refractivity contribution < 1.29 is 29.1 Å². The Morgan fingerprint density at radius 3 is 2.88 bits per heavy atom. The van der Waals surface area contributed by atoms with E-state index in [4.69, 9.17) is 15.3 Å². The van der Waals surface area contributed by atoms with Crippen molar-refractivity contribution in [1.82, 2.24) is 20.2 Å². The molecule has 2 aromatic rings. The van der Waals surface area contributed by atoms with Crippen LogP contribution in [0.15, 0.2) is 46.4 Å². The van der Waals surface area contributed by atoms with Gasteiger partial charge in [-0.1, -0.05) is 11.2 Å². The minimum atomic E-state index is -1.30. The van der Waals surface area contributed by atoms with Gasteiger partial charge in [0.1, 0.15) is 36.6 Å². The number of carbonyl (C=O) groups is 3. The van der Waals surface area contributed by atoms with E-state index in [9.17, 15) is 19.5 Å². The monoisotopic (exact) mass is 490 g/mol. The lowest BCUT2D eigenvalue weighted by Gasteiger charge is -2.48. The van der Waals surface area contributed by atoms with Crippen molar-refractivity contribution in [3.8, 4) is 0 Å². The van der Waals surface area contributed by atoms with Crippen molar-refractivity contribution >= 4 is 51.7 Å². The molecule has 2 amide bonds. The zero-order valence-corrected chi connectivity index (χ0v) is 18.8. The van der Waals surface area contributed by atoms with Crippen LogP contribution in [-0.4, -0.2) is 67.7 Å². The summed E-state index contributed by atoms with van der Waals surface area (Å²) < 4.78 is 5.67. The Kier molecular flexibility index (Phi) is 6.46. The second kappa shape index (κ2) is 9.46. The van der Waals surface area contributed by atoms with E-state index in [1.54, 1.807) is 24.4 Å². The molecule has 2 aliphatic heterocycles. The fourth-order valence-corrected chi connectivity index (χ4v) is 5.07. The van der Waals surface area contributed by atoms with Gasteiger partial charge in [0.15, 0.2) is 16.5 Å². The molecule has 0 saturated carbocycles. The van der Waals surface area contributed by atoms with Crippen molar-refractivity contribution in [3.63, 3.8) is 0 Å². The van der Waals surface area contributed by atoms with Gasteiger partial charge in [0.05, 0.1) is 11.4 Å². The highest BCUT2D eigenvalue weighted by Gasteiger charge is 2.55. The summed E-state index contributed by atoms with van der Waals surface area (Å²) in [6.45, 7) is 0.0635. The smallest absolute Gasteiger partial charge is 0.356 e. The Bertz CT molecular complexity index is 1150.